The third-order valence-corrected chi connectivity index (χ3v) is 3.81. The Morgan fingerprint density at radius 3 is 2.53 bits per heavy atom. The van der Waals surface area contributed by atoms with E-state index in [0.717, 1.165) is 32.6 Å². The van der Waals surface area contributed by atoms with E-state index in [4.69, 9.17) is 0 Å². The van der Waals surface area contributed by atoms with Crippen molar-refractivity contribution in [3.05, 3.63) is 35.9 Å². The van der Waals surface area contributed by atoms with Crippen LogP contribution in [0.3, 0.4) is 0 Å². The first-order valence-corrected chi connectivity index (χ1v) is 7.41. The number of aliphatic imine (C=N–C) groups is 1. The van der Waals surface area contributed by atoms with E-state index in [1.165, 1.54) is 17.8 Å². The van der Waals surface area contributed by atoms with E-state index < -0.39 is 0 Å². The molecule has 0 saturated carbocycles. The van der Waals surface area contributed by atoms with Crippen molar-refractivity contribution in [1.82, 2.24) is 10.2 Å². The van der Waals surface area contributed by atoms with Gasteiger partial charge in [-0.15, -0.1) is 0 Å². The van der Waals surface area contributed by atoms with Gasteiger partial charge in [0.25, 0.3) is 0 Å². The average molecular weight is 259 g/mol. The number of amidine groups is 1. The smallest absolute Gasteiger partial charge is 0.0964 e. The van der Waals surface area contributed by atoms with Crippen LogP contribution in [0.15, 0.2) is 35.3 Å². The van der Waals surface area contributed by atoms with Crippen molar-refractivity contribution < 1.29 is 0 Å². The van der Waals surface area contributed by atoms with Crippen molar-refractivity contribution in [2.24, 2.45) is 4.99 Å². The first-order chi connectivity index (χ1) is 9.35. The molecule has 1 N–H and O–H groups in total. The second-order valence-corrected chi connectivity index (χ2v) is 4.96. The molecule has 1 aliphatic rings. The third kappa shape index (κ3) is 3.80. The number of hydrogen-bond acceptors (Lipinski definition) is 3. The molecule has 0 radical (unpaired) electrons. The molecule has 0 saturated heterocycles. The zero-order valence-electron chi connectivity index (χ0n) is 12.1. The predicted octanol–water partition coefficient (Wildman–Crippen LogP) is 2.85. The zero-order chi connectivity index (χ0) is 13.5. The molecule has 0 bridgehead atoms. The van der Waals surface area contributed by atoms with Crippen molar-refractivity contribution in [2.75, 3.05) is 26.2 Å². The van der Waals surface area contributed by atoms with Crippen LogP contribution in [0, 0.1) is 0 Å². The van der Waals surface area contributed by atoms with Gasteiger partial charge in [-0.2, -0.15) is 0 Å². The second kappa shape index (κ2) is 7.29. The van der Waals surface area contributed by atoms with Crippen molar-refractivity contribution in [1.29, 1.82) is 0 Å². The van der Waals surface area contributed by atoms with Crippen molar-refractivity contribution >= 4 is 5.84 Å². The second-order valence-electron chi connectivity index (χ2n) is 4.96. The Morgan fingerprint density at radius 1 is 1.21 bits per heavy atom. The normalized spacial score (nSPS) is 16.5. The Labute approximate surface area is 116 Å². The van der Waals surface area contributed by atoms with E-state index in [-0.39, 0.29) is 0 Å². The summed E-state index contributed by atoms with van der Waals surface area (Å²) in [4.78, 5) is 7.00. The molecule has 0 aromatic heterocycles. The van der Waals surface area contributed by atoms with Gasteiger partial charge in [-0.25, -0.2) is 0 Å². The lowest BCUT2D eigenvalue weighted by Gasteiger charge is -2.30. The van der Waals surface area contributed by atoms with Crippen LogP contribution < -0.4 is 5.32 Å². The van der Waals surface area contributed by atoms with Crippen LogP contribution >= 0.6 is 0 Å². The first kappa shape index (κ1) is 14.1. The highest BCUT2D eigenvalue weighted by atomic mass is 15.2. The molecule has 3 heteroatoms. The number of nitrogens with one attached hydrogen (secondary N) is 1. The lowest BCUT2D eigenvalue weighted by atomic mass is 10.1. The lowest BCUT2D eigenvalue weighted by Crippen LogP contribution is -2.37. The molecule has 0 amide bonds. The van der Waals surface area contributed by atoms with Gasteiger partial charge in [-0.05, 0) is 25.1 Å². The maximum Gasteiger partial charge on any atom is 0.0964 e. The van der Waals surface area contributed by atoms with Gasteiger partial charge >= 0.3 is 0 Å². The number of hydrogen-bond donors (Lipinski definition) is 1. The number of benzene rings is 1. The monoisotopic (exact) mass is 259 g/mol. The van der Waals surface area contributed by atoms with Gasteiger partial charge in [-0.3, -0.25) is 9.89 Å². The molecule has 1 aromatic carbocycles. The van der Waals surface area contributed by atoms with Gasteiger partial charge in [0.15, 0.2) is 0 Å². The largest absolute Gasteiger partial charge is 0.372 e. The van der Waals surface area contributed by atoms with Crippen molar-refractivity contribution in [3.63, 3.8) is 0 Å². The maximum atomic E-state index is 4.50. The predicted molar refractivity (Wildman–Crippen MR) is 81.6 cm³/mol. The Hall–Kier alpha value is -1.35. The SMILES string of the molecule is CCN(CC)C(CNC1=NCCC1)c1ccccc1. The highest BCUT2D eigenvalue weighted by molar-refractivity contribution is 5.83. The summed E-state index contributed by atoms with van der Waals surface area (Å²) in [6, 6.07) is 11.2. The lowest BCUT2D eigenvalue weighted by molar-refractivity contribution is 0.219. The molecule has 1 heterocycles. The molecule has 1 atom stereocenters. The summed E-state index contributed by atoms with van der Waals surface area (Å²) in [6.45, 7) is 8.54. The molecule has 0 aliphatic carbocycles. The van der Waals surface area contributed by atoms with Crippen LogP contribution in [0.2, 0.25) is 0 Å². The van der Waals surface area contributed by atoms with Gasteiger partial charge in [0, 0.05) is 19.5 Å². The summed E-state index contributed by atoms with van der Waals surface area (Å²) < 4.78 is 0. The molecule has 1 aliphatic heterocycles. The Kier molecular flexibility index (Phi) is 5.40. The number of rotatable bonds is 6. The van der Waals surface area contributed by atoms with Crippen LogP contribution in [0.1, 0.15) is 38.3 Å². The minimum Gasteiger partial charge on any atom is -0.372 e. The first-order valence-electron chi connectivity index (χ1n) is 7.41. The molecule has 2 rings (SSSR count). The van der Waals surface area contributed by atoms with Crippen LogP contribution in [-0.4, -0.2) is 36.9 Å². The van der Waals surface area contributed by atoms with Crippen molar-refractivity contribution in [3.8, 4) is 0 Å². The van der Waals surface area contributed by atoms with E-state index in [0.29, 0.717) is 6.04 Å². The Balaban J connectivity index is 2.05. The fraction of sp³-hybridized carbons (Fsp3) is 0.562. The van der Waals surface area contributed by atoms with Gasteiger partial charge in [0.05, 0.1) is 11.9 Å². The van der Waals surface area contributed by atoms with E-state index in [1.54, 1.807) is 0 Å². The van der Waals surface area contributed by atoms with E-state index in [9.17, 15) is 0 Å². The minimum absolute atomic E-state index is 0.430. The third-order valence-electron chi connectivity index (χ3n) is 3.81. The van der Waals surface area contributed by atoms with Gasteiger partial charge in [-0.1, -0.05) is 44.2 Å². The molecule has 1 aromatic rings. The van der Waals surface area contributed by atoms with Crippen molar-refractivity contribution in [2.45, 2.75) is 32.7 Å². The van der Waals surface area contributed by atoms with Gasteiger partial charge < -0.3 is 5.32 Å². The highest BCUT2D eigenvalue weighted by Crippen LogP contribution is 2.19. The average Bonchev–Trinajstić information content (AvgIpc) is 2.97. The number of likely N-dealkylation sites (N-methyl/N-ethyl adjacent to an activating group) is 1. The molecular formula is C16H25N3. The number of nitrogens with zero attached hydrogens (tertiary/aromatic N) is 2. The standard InChI is InChI=1S/C16H25N3/c1-3-19(4-2)15(14-9-6-5-7-10-14)13-18-16-11-8-12-17-16/h5-7,9-10,15H,3-4,8,11-13H2,1-2H3,(H,17,18). The zero-order valence-corrected chi connectivity index (χ0v) is 12.1. The molecule has 3 nitrogen and oxygen atoms in total. The van der Waals surface area contributed by atoms with E-state index >= 15 is 0 Å². The fourth-order valence-electron chi connectivity index (χ4n) is 2.70. The summed E-state index contributed by atoms with van der Waals surface area (Å²) in [5.41, 5.74) is 1.39. The van der Waals surface area contributed by atoms with E-state index in [2.05, 4.69) is 59.4 Å². The Morgan fingerprint density at radius 2 is 1.95 bits per heavy atom. The Bertz CT molecular complexity index is 396. The van der Waals surface area contributed by atoms with Gasteiger partial charge in [0.1, 0.15) is 0 Å². The molecule has 19 heavy (non-hydrogen) atoms. The maximum absolute atomic E-state index is 4.50. The molecule has 104 valence electrons. The van der Waals surface area contributed by atoms with Gasteiger partial charge in [0.2, 0.25) is 0 Å². The molecular weight excluding hydrogens is 234 g/mol. The van der Waals surface area contributed by atoms with Crippen LogP contribution in [0.25, 0.3) is 0 Å². The van der Waals surface area contributed by atoms with E-state index in [1.807, 2.05) is 0 Å². The summed E-state index contributed by atoms with van der Waals surface area (Å²) >= 11 is 0. The highest BCUT2D eigenvalue weighted by Gasteiger charge is 2.18. The summed E-state index contributed by atoms with van der Waals surface area (Å²) in [6.07, 6.45) is 2.31. The van der Waals surface area contributed by atoms with Crippen LogP contribution in [-0.2, 0) is 0 Å². The summed E-state index contributed by atoms with van der Waals surface area (Å²) in [5.74, 6) is 1.19. The fourth-order valence-corrected chi connectivity index (χ4v) is 2.70. The van der Waals surface area contributed by atoms with Crippen LogP contribution in [0.5, 0.6) is 0 Å². The summed E-state index contributed by atoms with van der Waals surface area (Å²) in [7, 11) is 0. The molecule has 0 fully saturated rings. The quantitative estimate of drug-likeness (QED) is 0.850. The minimum atomic E-state index is 0.430. The summed E-state index contributed by atoms with van der Waals surface area (Å²) in [5, 5.41) is 3.54. The topological polar surface area (TPSA) is 27.6 Å². The molecule has 0 spiro atoms. The molecule has 1 unspecified atom stereocenters. The van der Waals surface area contributed by atoms with Crippen LogP contribution in [0.4, 0.5) is 0 Å².